The molecule has 1 rings (SSSR count). The molecule has 0 radical (unpaired) electrons. The molecule has 98 valence electrons. The van der Waals surface area contributed by atoms with E-state index in [2.05, 4.69) is 0 Å². The Bertz CT molecular complexity index is 489. The summed E-state index contributed by atoms with van der Waals surface area (Å²) in [5.41, 5.74) is 2.48. The molecule has 0 amide bonds. The Hall–Kier alpha value is -1.84. The Balaban J connectivity index is 3.33. The van der Waals surface area contributed by atoms with Gasteiger partial charge in [-0.1, -0.05) is 6.92 Å². The molecule has 0 saturated heterocycles. The fourth-order valence-electron chi connectivity index (χ4n) is 1.74. The SMILES string of the molecule is CCc1cc(OC(C)=O)c(C)c(C)c1OC(C)=O. The predicted octanol–water partition coefficient (Wildman–Crippen LogP) is 2.72. The van der Waals surface area contributed by atoms with Gasteiger partial charge in [0, 0.05) is 13.8 Å². The van der Waals surface area contributed by atoms with Crippen LogP contribution in [0.3, 0.4) is 0 Å². The van der Waals surface area contributed by atoms with Crippen molar-refractivity contribution in [1.29, 1.82) is 0 Å². The van der Waals surface area contributed by atoms with Gasteiger partial charge in [-0.25, -0.2) is 0 Å². The van der Waals surface area contributed by atoms with Crippen LogP contribution in [0.4, 0.5) is 0 Å². The molecule has 0 saturated carbocycles. The van der Waals surface area contributed by atoms with Gasteiger partial charge in [0.25, 0.3) is 0 Å². The molecule has 4 heteroatoms. The maximum absolute atomic E-state index is 11.1. The Kier molecular flexibility index (Phi) is 4.48. The minimum atomic E-state index is -0.361. The fourth-order valence-corrected chi connectivity index (χ4v) is 1.74. The van der Waals surface area contributed by atoms with Crippen LogP contribution in [0, 0.1) is 13.8 Å². The number of aryl methyl sites for hydroxylation is 1. The largest absolute Gasteiger partial charge is 0.426 e. The van der Waals surface area contributed by atoms with Crippen molar-refractivity contribution in [3.8, 4) is 11.5 Å². The van der Waals surface area contributed by atoms with Gasteiger partial charge in [0.1, 0.15) is 11.5 Å². The van der Waals surface area contributed by atoms with Gasteiger partial charge in [0.05, 0.1) is 0 Å². The molecular weight excluding hydrogens is 232 g/mol. The topological polar surface area (TPSA) is 52.6 Å². The maximum atomic E-state index is 11.1. The summed E-state index contributed by atoms with van der Waals surface area (Å²) in [6, 6.07) is 1.75. The highest BCUT2D eigenvalue weighted by Gasteiger charge is 2.16. The molecule has 0 heterocycles. The lowest BCUT2D eigenvalue weighted by molar-refractivity contribution is -0.133. The average molecular weight is 250 g/mol. The summed E-state index contributed by atoms with van der Waals surface area (Å²) in [6.07, 6.45) is 0.692. The van der Waals surface area contributed by atoms with E-state index in [1.165, 1.54) is 13.8 Å². The highest BCUT2D eigenvalue weighted by Crippen LogP contribution is 2.34. The normalized spacial score (nSPS) is 10.1. The number of rotatable bonds is 3. The summed E-state index contributed by atoms with van der Waals surface area (Å²) in [6.45, 7) is 8.36. The predicted molar refractivity (Wildman–Crippen MR) is 67.9 cm³/mol. The highest BCUT2D eigenvalue weighted by molar-refractivity contribution is 5.73. The average Bonchev–Trinajstić information content (AvgIpc) is 2.27. The van der Waals surface area contributed by atoms with E-state index in [-0.39, 0.29) is 11.9 Å². The number of carbonyl (C=O) groups excluding carboxylic acids is 2. The molecule has 18 heavy (non-hydrogen) atoms. The van der Waals surface area contributed by atoms with E-state index in [4.69, 9.17) is 9.47 Å². The van der Waals surface area contributed by atoms with Crippen molar-refractivity contribution < 1.29 is 19.1 Å². The molecule has 1 aromatic carbocycles. The Labute approximate surface area is 107 Å². The smallest absolute Gasteiger partial charge is 0.308 e. The zero-order valence-corrected chi connectivity index (χ0v) is 11.4. The van der Waals surface area contributed by atoms with Gasteiger partial charge < -0.3 is 9.47 Å². The lowest BCUT2D eigenvalue weighted by atomic mass is 10.0. The maximum Gasteiger partial charge on any atom is 0.308 e. The van der Waals surface area contributed by atoms with Gasteiger partial charge in [-0.2, -0.15) is 0 Å². The number of ether oxygens (including phenoxy) is 2. The number of esters is 2. The van der Waals surface area contributed by atoms with E-state index < -0.39 is 0 Å². The first-order valence-electron chi connectivity index (χ1n) is 5.86. The van der Waals surface area contributed by atoms with Crippen molar-refractivity contribution >= 4 is 11.9 Å². The Morgan fingerprint density at radius 1 is 1.06 bits per heavy atom. The molecule has 0 aliphatic rings. The second-order valence-corrected chi connectivity index (χ2v) is 4.15. The lowest BCUT2D eigenvalue weighted by Crippen LogP contribution is -2.09. The van der Waals surface area contributed by atoms with E-state index in [9.17, 15) is 9.59 Å². The van der Waals surface area contributed by atoms with Crippen LogP contribution < -0.4 is 9.47 Å². The summed E-state index contributed by atoms with van der Waals surface area (Å²) in [4.78, 5) is 22.1. The van der Waals surface area contributed by atoms with E-state index in [1.54, 1.807) is 6.07 Å². The molecule has 1 aromatic rings. The first-order valence-corrected chi connectivity index (χ1v) is 5.86. The summed E-state index contributed by atoms with van der Waals surface area (Å²) in [5.74, 6) is 0.373. The van der Waals surface area contributed by atoms with E-state index in [1.807, 2.05) is 20.8 Å². The van der Waals surface area contributed by atoms with Crippen LogP contribution >= 0.6 is 0 Å². The van der Waals surface area contributed by atoms with Crippen LogP contribution in [0.1, 0.15) is 37.5 Å². The first kappa shape index (κ1) is 14.2. The standard InChI is InChI=1S/C14H18O4/c1-6-12-7-13(17-10(4)15)8(2)9(3)14(12)18-11(5)16/h7H,6H2,1-5H3. The minimum absolute atomic E-state index is 0.354. The third-order valence-electron chi connectivity index (χ3n) is 2.75. The second kappa shape index (κ2) is 5.67. The summed E-state index contributed by atoms with van der Waals surface area (Å²) in [7, 11) is 0. The van der Waals surface area contributed by atoms with Crippen LogP contribution in [0.2, 0.25) is 0 Å². The van der Waals surface area contributed by atoms with Gasteiger partial charge in [-0.05, 0) is 43.0 Å². The third kappa shape index (κ3) is 3.09. The molecular formula is C14H18O4. The number of hydrogen-bond acceptors (Lipinski definition) is 4. The summed E-state index contributed by atoms with van der Waals surface area (Å²) < 4.78 is 10.4. The molecule has 4 nitrogen and oxygen atoms in total. The number of carbonyl (C=O) groups is 2. The van der Waals surface area contributed by atoms with Gasteiger partial charge >= 0.3 is 11.9 Å². The van der Waals surface area contributed by atoms with Crippen molar-refractivity contribution in [3.05, 3.63) is 22.8 Å². The van der Waals surface area contributed by atoms with Gasteiger partial charge in [-0.3, -0.25) is 9.59 Å². The summed E-state index contributed by atoms with van der Waals surface area (Å²) >= 11 is 0. The molecule has 0 bridgehead atoms. The van der Waals surface area contributed by atoms with Gasteiger partial charge in [0.15, 0.2) is 0 Å². The van der Waals surface area contributed by atoms with Gasteiger partial charge in [-0.15, -0.1) is 0 Å². The van der Waals surface area contributed by atoms with Crippen LogP contribution in [0.5, 0.6) is 11.5 Å². The zero-order chi connectivity index (χ0) is 13.9. The van der Waals surface area contributed by atoms with Crippen LogP contribution in [-0.4, -0.2) is 11.9 Å². The molecule has 0 spiro atoms. The van der Waals surface area contributed by atoms with Gasteiger partial charge in [0.2, 0.25) is 0 Å². The quantitative estimate of drug-likeness (QED) is 0.611. The van der Waals surface area contributed by atoms with Crippen molar-refractivity contribution in [2.24, 2.45) is 0 Å². The summed E-state index contributed by atoms with van der Waals surface area (Å²) in [5, 5.41) is 0. The molecule has 0 atom stereocenters. The third-order valence-corrected chi connectivity index (χ3v) is 2.75. The zero-order valence-electron chi connectivity index (χ0n) is 11.4. The molecule has 0 aromatic heterocycles. The van der Waals surface area contributed by atoms with E-state index in [0.717, 1.165) is 16.7 Å². The van der Waals surface area contributed by atoms with Crippen molar-refractivity contribution in [1.82, 2.24) is 0 Å². The molecule has 0 N–H and O–H groups in total. The highest BCUT2D eigenvalue weighted by atomic mass is 16.5. The van der Waals surface area contributed by atoms with Crippen LogP contribution in [0.25, 0.3) is 0 Å². The van der Waals surface area contributed by atoms with Crippen LogP contribution in [0.15, 0.2) is 6.07 Å². The molecule has 0 unspecified atom stereocenters. The fraction of sp³-hybridized carbons (Fsp3) is 0.429. The van der Waals surface area contributed by atoms with Crippen molar-refractivity contribution in [3.63, 3.8) is 0 Å². The second-order valence-electron chi connectivity index (χ2n) is 4.15. The molecule has 0 aliphatic carbocycles. The number of hydrogen-bond donors (Lipinski definition) is 0. The van der Waals surface area contributed by atoms with E-state index >= 15 is 0 Å². The lowest BCUT2D eigenvalue weighted by Gasteiger charge is -2.16. The molecule has 0 aliphatic heterocycles. The van der Waals surface area contributed by atoms with Crippen LogP contribution in [-0.2, 0) is 16.0 Å². The Morgan fingerprint density at radius 2 is 1.61 bits per heavy atom. The van der Waals surface area contributed by atoms with E-state index in [0.29, 0.717) is 17.9 Å². The minimum Gasteiger partial charge on any atom is -0.426 e. The molecule has 0 fully saturated rings. The van der Waals surface area contributed by atoms with Crippen molar-refractivity contribution in [2.45, 2.75) is 41.0 Å². The first-order chi connectivity index (χ1) is 8.36. The van der Waals surface area contributed by atoms with Crippen molar-refractivity contribution in [2.75, 3.05) is 0 Å². The Morgan fingerprint density at radius 3 is 2.06 bits per heavy atom. The number of benzene rings is 1. The monoisotopic (exact) mass is 250 g/mol.